The van der Waals surface area contributed by atoms with E-state index in [0.29, 0.717) is 24.8 Å². The third-order valence-electron chi connectivity index (χ3n) is 4.73. The molecule has 0 spiro atoms. The molecule has 2 bridgehead atoms. The summed E-state index contributed by atoms with van der Waals surface area (Å²) in [6, 6.07) is 2.80. The zero-order chi connectivity index (χ0) is 16.9. The van der Waals surface area contributed by atoms with Gasteiger partial charge in [-0.1, -0.05) is 6.07 Å². The van der Waals surface area contributed by atoms with Crippen molar-refractivity contribution in [2.75, 3.05) is 0 Å². The number of fused-ring (bicyclic) bond motifs is 2. The predicted molar refractivity (Wildman–Crippen MR) is 79.4 cm³/mol. The fourth-order valence-corrected chi connectivity index (χ4v) is 5.84. The number of carbonyl (C=O) groups is 1. The zero-order valence-electron chi connectivity index (χ0n) is 12.4. The van der Waals surface area contributed by atoms with Crippen molar-refractivity contribution < 1.29 is 23.2 Å². The molecule has 3 unspecified atom stereocenters. The van der Waals surface area contributed by atoms with Crippen molar-refractivity contribution >= 4 is 21.7 Å². The molecular weight excluding hydrogens is 324 g/mol. The molecule has 2 heterocycles. The Morgan fingerprint density at radius 3 is 2.65 bits per heavy atom. The van der Waals surface area contributed by atoms with Crippen molar-refractivity contribution in [3.8, 4) is 0 Å². The maximum Gasteiger partial charge on any atom is 0.308 e. The number of hydrogen-bond donors (Lipinski definition) is 1. The van der Waals surface area contributed by atoms with Gasteiger partial charge in [0.05, 0.1) is 15.7 Å². The Balaban J connectivity index is 2.05. The lowest BCUT2D eigenvalue weighted by Crippen LogP contribution is -2.38. The summed E-state index contributed by atoms with van der Waals surface area (Å²) in [5.74, 6) is -1.70. The highest BCUT2D eigenvalue weighted by molar-refractivity contribution is 7.89. The van der Waals surface area contributed by atoms with Crippen LogP contribution in [0, 0.1) is 23.0 Å². The third-order valence-corrected chi connectivity index (χ3v) is 6.85. The maximum absolute atomic E-state index is 13.0. The molecule has 2 fully saturated rings. The minimum absolute atomic E-state index is 0.116. The molecule has 0 saturated carbocycles. The largest absolute Gasteiger partial charge is 0.481 e. The number of nitro groups is 1. The average Bonchev–Trinajstić information content (AvgIpc) is 3.05. The molecule has 3 rings (SSSR count). The SMILES string of the molecule is Cc1ccc([N+](=O)[O-])cc1S(=O)(=O)N1C2CCC1C(C(=O)O)C2. The van der Waals surface area contributed by atoms with E-state index >= 15 is 0 Å². The Labute approximate surface area is 132 Å². The van der Waals surface area contributed by atoms with Crippen molar-refractivity contribution in [2.24, 2.45) is 5.92 Å². The smallest absolute Gasteiger partial charge is 0.308 e. The number of carboxylic acid groups (broad SMARTS) is 1. The van der Waals surface area contributed by atoms with Gasteiger partial charge in [-0.15, -0.1) is 0 Å². The van der Waals surface area contributed by atoms with Crippen LogP contribution in [-0.4, -0.2) is 40.8 Å². The molecule has 124 valence electrons. The predicted octanol–water partition coefficient (Wildman–Crippen LogP) is 1.53. The van der Waals surface area contributed by atoms with E-state index in [9.17, 15) is 28.4 Å². The van der Waals surface area contributed by atoms with Crippen LogP contribution in [0.25, 0.3) is 0 Å². The summed E-state index contributed by atoms with van der Waals surface area (Å²) < 4.78 is 27.2. The van der Waals surface area contributed by atoms with Crippen LogP contribution < -0.4 is 0 Å². The van der Waals surface area contributed by atoms with E-state index in [1.54, 1.807) is 6.92 Å². The maximum atomic E-state index is 13.0. The van der Waals surface area contributed by atoms with Gasteiger partial charge in [0.15, 0.2) is 0 Å². The fourth-order valence-electron chi connectivity index (χ4n) is 3.67. The van der Waals surface area contributed by atoms with Crippen LogP contribution in [0.3, 0.4) is 0 Å². The molecule has 1 N–H and O–H groups in total. The number of aliphatic carboxylic acids is 1. The second kappa shape index (κ2) is 5.27. The average molecular weight is 340 g/mol. The van der Waals surface area contributed by atoms with Crippen LogP contribution in [-0.2, 0) is 14.8 Å². The van der Waals surface area contributed by atoms with Gasteiger partial charge in [-0.25, -0.2) is 8.42 Å². The summed E-state index contributed by atoms with van der Waals surface area (Å²) in [7, 11) is -3.96. The summed E-state index contributed by atoms with van der Waals surface area (Å²) in [6.45, 7) is 1.57. The number of sulfonamides is 1. The summed E-state index contributed by atoms with van der Waals surface area (Å²) >= 11 is 0. The number of carboxylic acids is 1. The van der Waals surface area contributed by atoms with Gasteiger partial charge in [-0.2, -0.15) is 4.31 Å². The molecule has 3 atom stereocenters. The Hall–Kier alpha value is -2.00. The van der Waals surface area contributed by atoms with Crippen molar-refractivity contribution in [3.63, 3.8) is 0 Å². The van der Waals surface area contributed by atoms with E-state index in [4.69, 9.17) is 0 Å². The van der Waals surface area contributed by atoms with Gasteiger partial charge < -0.3 is 5.11 Å². The lowest BCUT2D eigenvalue weighted by atomic mass is 9.89. The Morgan fingerprint density at radius 2 is 2.09 bits per heavy atom. The molecule has 8 nitrogen and oxygen atoms in total. The van der Waals surface area contributed by atoms with Gasteiger partial charge in [0.25, 0.3) is 5.69 Å². The lowest BCUT2D eigenvalue weighted by Gasteiger charge is -2.23. The molecule has 9 heteroatoms. The van der Waals surface area contributed by atoms with E-state index in [2.05, 4.69) is 0 Å². The Morgan fingerprint density at radius 1 is 1.39 bits per heavy atom. The van der Waals surface area contributed by atoms with E-state index in [-0.39, 0.29) is 16.6 Å². The minimum Gasteiger partial charge on any atom is -0.481 e. The summed E-state index contributed by atoms with van der Waals surface area (Å²) in [5.41, 5.74) is 0.115. The number of nitrogens with zero attached hydrogens (tertiary/aromatic N) is 2. The molecular formula is C14H16N2O6S. The highest BCUT2D eigenvalue weighted by Crippen LogP contribution is 2.45. The Bertz CT molecular complexity index is 790. The highest BCUT2D eigenvalue weighted by atomic mass is 32.2. The second-order valence-corrected chi connectivity index (χ2v) is 7.83. The van der Waals surface area contributed by atoms with Gasteiger partial charge in [0.1, 0.15) is 0 Å². The van der Waals surface area contributed by atoms with Gasteiger partial charge in [-0.05, 0) is 31.7 Å². The summed E-state index contributed by atoms with van der Waals surface area (Å²) in [6.07, 6.45) is 1.43. The number of nitro benzene ring substituents is 1. The van der Waals surface area contributed by atoms with Crippen molar-refractivity contribution in [1.82, 2.24) is 4.31 Å². The standard InChI is InChI=1S/C14H16N2O6S/c1-8-2-3-10(16(19)20)7-13(8)23(21,22)15-9-4-5-12(15)11(6-9)14(17)18/h2-3,7,9,11-12H,4-6H2,1H3,(H,17,18). The van der Waals surface area contributed by atoms with Crippen LogP contribution in [0.1, 0.15) is 24.8 Å². The number of hydrogen-bond acceptors (Lipinski definition) is 5. The number of aryl methyl sites for hydroxylation is 1. The quantitative estimate of drug-likeness (QED) is 0.656. The number of rotatable bonds is 4. The topological polar surface area (TPSA) is 118 Å². The molecule has 2 aliphatic heterocycles. The van der Waals surface area contributed by atoms with Gasteiger partial charge in [-0.3, -0.25) is 14.9 Å². The molecule has 2 aliphatic rings. The molecule has 1 aromatic carbocycles. The Kier molecular flexibility index (Phi) is 3.64. The first kappa shape index (κ1) is 15.9. The van der Waals surface area contributed by atoms with Gasteiger partial charge in [0.2, 0.25) is 10.0 Å². The van der Waals surface area contributed by atoms with E-state index < -0.39 is 32.9 Å². The molecule has 0 amide bonds. The second-order valence-electron chi connectivity index (χ2n) is 6.02. The van der Waals surface area contributed by atoms with Crippen LogP contribution in [0.2, 0.25) is 0 Å². The molecule has 23 heavy (non-hydrogen) atoms. The first-order chi connectivity index (χ1) is 10.7. The van der Waals surface area contributed by atoms with E-state index in [1.165, 1.54) is 16.4 Å². The fraction of sp³-hybridized carbons (Fsp3) is 0.500. The van der Waals surface area contributed by atoms with Crippen LogP contribution >= 0.6 is 0 Å². The van der Waals surface area contributed by atoms with E-state index in [1.807, 2.05) is 0 Å². The number of non-ortho nitro benzene ring substituents is 1. The number of benzene rings is 1. The van der Waals surface area contributed by atoms with Crippen molar-refractivity contribution in [1.29, 1.82) is 0 Å². The van der Waals surface area contributed by atoms with E-state index in [0.717, 1.165) is 6.07 Å². The van der Waals surface area contributed by atoms with Gasteiger partial charge >= 0.3 is 5.97 Å². The molecule has 2 saturated heterocycles. The van der Waals surface area contributed by atoms with Crippen molar-refractivity contribution in [2.45, 2.75) is 43.2 Å². The van der Waals surface area contributed by atoms with Crippen LogP contribution in [0.4, 0.5) is 5.69 Å². The normalized spacial score (nSPS) is 27.3. The van der Waals surface area contributed by atoms with Crippen LogP contribution in [0.15, 0.2) is 23.1 Å². The molecule has 1 aromatic rings. The summed E-state index contributed by atoms with van der Waals surface area (Å²) in [4.78, 5) is 21.5. The molecule has 0 aromatic heterocycles. The molecule has 0 radical (unpaired) electrons. The van der Waals surface area contributed by atoms with Gasteiger partial charge in [0, 0.05) is 24.2 Å². The third kappa shape index (κ3) is 2.40. The minimum atomic E-state index is -3.96. The van der Waals surface area contributed by atoms with Crippen molar-refractivity contribution in [3.05, 3.63) is 33.9 Å². The zero-order valence-corrected chi connectivity index (χ0v) is 13.2. The monoisotopic (exact) mass is 340 g/mol. The molecule has 0 aliphatic carbocycles. The first-order valence-electron chi connectivity index (χ1n) is 7.25. The first-order valence-corrected chi connectivity index (χ1v) is 8.69. The highest BCUT2D eigenvalue weighted by Gasteiger charge is 2.54. The lowest BCUT2D eigenvalue weighted by molar-refractivity contribution is -0.385. The summed E-state index contributed by atoms with van der Waals surface area (Å²) in [5, 5.41) is 20.2. The van der Waals surface area contributed by atoms with Crippen LogP contribution in [0.5, 0.6) is 0 Å².